The van der Waals surface area contributed by atoms with E-state index in [1.807, 2.05) is 0 Å². The molecule has 2 aromatic carbocycles. The molecular weight excluding hydrogens is 260 g/mol. The second-order valence-electron chi connectivity index (χ2n) is 4.32. The summed E-state index contributed by atoms with van der Waals surface area (Å²) < 4.78 is 31.0. The van der Waals surface area contributed by atoms with Crippen LogP contribution < -0.4 is 4.74 Å². The highest BCUT2D eigenvalue weighted by Crippen LogP contribution is 2.20. The molecule has 20 heavy (non-hydrogen) atoms. The predicted molar refractivity (Wildman–Crippen MR) is 71.3 cm³/mol. The van der Waals surface area contributed by atoms with Crippen LogP contribution in [0, 0.1) is 23.0 Å². The zero-order chi connectivity index (χ0) is 14.4. The average molecular weight is 273 g/mol. The van der Waals surface area contributed by atoms with Gasteiger partial charge in [-0.25, -0.2) is 8.78 Å². The van der Waals surface area contributed by atoms with E-state index in [1.54, 1.807) is 12.1 Å². The summed E-state index contributed by atoms with van der Waals surface area (Å²) >= 11 is 0. The van der Waals surface area contributed by atoms with Crippen molar-refractivity contribution in [1.82, 2.24) is 0 Å². The Kier molecular flexibility index (Phi) is 4.67. The Bertz CT molecular complexity index is 587. The van der Waals surface area contributed by atoms with Crippen molar-refractivity contribution in [3.63, 3.8) is 0 Å². The summed E-state index contributed by atoms with van der Waals surface area (Å²) in [7, 11) is 0. The maximum atomic E-state index is 12.8. The van der Waals surface area contributed by atoms with Crippen molar-refractivity contribution in [1.29, 1.82) is 5.26 Å². The summed E-state index contributed by atoms with van der Waals surface area (Å²) in [5.41, 5.74) is 0.761. The van der Waals surface area contributed by atoms with Crippen molar-refractivity contribution < 1.29 is 13.5 Å². The van der Waals surface area contributed by atoms with Gasteiger partial charge in [0, 0.05) is 6.42 Å². The van der Waals surface area contributed by atoms with Gasteiger partial charge in [-0.05, 0) is 42.0 Å². The van der Waals surface area contributed by atoms with E-state index in [2.05, 4.69) is 6.07 Å². The van der Waals surface area contributed by atoms with Crippen LogP contribution >= 0.6 is 0 Å². The van der Waals surface area contributed by atoms with Gasteiger partial charge in [0.1, 0.15) is 17.4 Å². The summed E-state index contributed by atoms with van der Waals surface area (Å²) in [6.07, 6.45) is 0.486. The van der Waals surface area contributed by atoms with Gasteiger partial charge in [-0.2, -0.15) is 5.26 Å². The normalized spacial score (nSPS) is 11.7. The highest BCUT2D eigenvalue weighted by Gasteiger charge is 2.10. The molecule has 0 fully saturated rings. The zero-order valence-corrected chi connectivity index (χ0v) is 10.7. The summed E-state index contributed by atoms with van der Waals surface area (Å²) in [5, 5.41) is 9.13. The number of rotatable bonds is 5. The van der Waals surface area contributed by atoms with Crippen molar-refractivity contribution in [2.45, 2.75) is 12.3 Å². The van der Waals surface area contributed by atoms with Gasteiger partial charge in [0.2, 0.25) is 0 Å². The average Bonchev–Trinajstić information content (AvgIpc) is 2.47. The van der Waals surface area contributed by atoms with Gasteiger partial charge >= 0.3 is 0 Å². The van der Waals surface area contributed by atoms with Crippen molar-refractivity contribution in [3.8, 4) is 11.8 Å². The number of nitrogens with zero attached hydrogens (tertiary/aromatic N) is 1. The minimum absolute atomic E-state index is 0.321. The molecule has 2 nitrogen and oxygen atoms in total. The smallest absolute Gasteiger partial charge is 0.123 e. The van der Waals surface area contributed by atoms with Crippen LogP contribution in [-0.4, -0.2) is 6.61 Å². The largest absolute Gasteiger partial charge is 0.494 e. The number of nitriles is 1. The van der Waals surface area contributed by atoms with Crippen molar-refractivity contribution in [2.75, 3.05) is 6.61 Å². The van der Waals surface area contributed by atoms with Crippen LogP contribution in [0.1, 0.15) is 17.9 Å². The topological polar surface area (TPSA) is 33.0 Å². The molecule has 0 spiro atoms. The van der Waals surface area contributed by atoms with Crippen LogP contribution in [0.25, 0.3) is 0 Å². The van der Waals surface area contributed by atoms with Gasteiger partial charge in [-0.1, -0.05) is 12.1 Å². The minimum Gasteiger partial charge on any atom is -0.494 e. The lowest BCUT2D eigenvalue weighted by molar-refractivity contribution is 0.305. The van der Waals surface area contributed by atoms with Gasteiger partial charge in [0.15, 0.2) is 0 Å². The first-order valence-corrected chi connectivity index (χ1v) is 6.22. The number of hydrogen-bond acceptors (Lipinski definition) is 2. The summed E-state index contributed by atoms with van der Waals surface area (Å²) in [4.78, 5) is 0. The number of benzene rings is 2. The highest BCUT2D eigenvalue weighted by molar-refractivity contribution is 5.25. The summed E-state index contributed by atoms with van der Waals surface area (Å²) in [6.45, 7) is 0.335. The van der Waals surface area contributed by atoms with Gasteiger partial charge in [0.05, 0.1) is 18.6 Å². The van der Waals surface area contributed by atoms with Gasteiger partial charge in [-0.15, -0.1) is 0 Å². The lowest BCUT2D eigenvalue weighted by atomic mass is 9.98. The molecule has 102 valence electrons. The molecule has 0 amide bonds. The van der Waals surface area contributed by atoms with E-state index in [4.69, 9.17) is 10.00 Å². The van der Waals surface area contributed by atoms with E-state index in [0.29, 0.717) is 18.8 Å². The first-order chi connectivity index (χ1) is 9.69. The Morgan fingerprint density at radius 1 is 0.950 bits per heavy atom. The first-order valence-electron chi connectivity index (χ1n) is 6.22. The van der Waals surface area contributed by atoms with E-state index in [0.717, 1.165) is 5.56 Å². The minimum atomic E-state index is -0.351. The van der Waals surface area contributed by atoms with Gasteiger partial charge in [0.25, 0.3) is 0 Å². The van der Waals surface area contributed by atoms with Crippen LogP contribution in [0.3, 0.4) is 0 Å². The third kappa shape index (κ3) is 3.79. The molecule has 1 unspecified atom stereocenters. The fraction of sp³-hybridized carbons (Fsp3) is 0.188. The van der Waals surface area contributed by atoms with Crippen LogP contribution in [0.5, 0.6) is 5.75 Å². The first kappa shape index (κ1) is 14.0. The van der Waals surface area contributed by atoms with Crippen LogP contribution in [0.2, 0.25) is 0 Å². The fourth-order valence-electron chi connectivity index (χ4n) is 1.83. The lowest BCUT2D eigenvalue weighted by Gasteiger charge is -2.10. The van der Waals surface area contributed by atoms with Crippen molar-refractivity contribution >= 4 is 0 Å². The molecule has 2 rings (SSSR count). The molecule has 0 aliphatic carbocycles. The predicted octanol–water partition coefficient (Wildman–Crippen LogP) is 4.04. The SMILES string of the molecule is N#CC(CCOc1ccc(F)cc1)c1ccc(F)cc1. The Hall–Kier alpha value is -2.41. The molecule has 0 saturated heterocycles. The lowest BCUT2D eigenvalue weighted by Crippen LogP contribution is -2.04. The van der Waals surface area contributed by atoms with Crippen LogP contribution in [0.4, 0.5) is 8.78 Å². The number of halogens is 2. The Morgan fingerprint density at radius 3 is 2.05 bits per heavy atom. The molecule has 0 radical (unpaired) electrons. The third-order valence-corrected chi connectivity index (χ3v) is 2.92. The third-order valence-electron chi connectivity index (χ3n) is 2.92. The molecule has 4 heteroatoms. The van der Waals surface area contributed by atoms with Gasteiger partial charge in [-0.3, -0.25) is 0 Å². The quantitative estimate of drug-likeness (QED) is 0.823. The number of hydrogen-bond donors (Lipinski definition) is 0. The van der Waals surface area contributed by atoms with Crippen molar-refractivity contribution in [2.24, 2.45) is 0 Å². The Balaban J connectivity index is 1.90. The van der Waals surface area contributed by atoms with Gasteiger partial charge < -0.3 is 4.74 Å². The fourth-order valence-corrected chi connectivity index (χ4v) is 1.83. The van der Waals surface area contributed by atoms with E-state index in [-0.39, 0.29) is 17.6 Å². The highest BCUT2D eigenvalue weighted by atomic mass is 19.1. The standard InChI is InChI=1S/C16H13F2NO/c17-14-3-1-12(2-4-14)13(11-19)9-10-20-16-7-5-15(18)6-8-16/h1-8,13H,9-10H2. The Labute approximate surface area is 116 Å². The molecule has 2 aromatic rings. The monoisotopic (exact) mass is 273 g/mol. The Morgan fingerprint density at radius 2 is 1.50 bits per heavy atom. The molecule has 1 atom stereocenters. The summed E-state index contributed by atoms with van der Waals surface area (Å²) in [6, 6.07) is 13.7. The molecule has 0 N–H and O–H groups in total. The second kappa shape index (κ2) is 6.67. The number of ether oxygens (including phenoxy) is 1. The summed E-state index contributed by atoms with van der Waals surface area (Å²) in [5.74, 6) is -0.440. The molecule has 0 aliphatic rings. The molecule has 0 bridgehead atoms. The maximum Gasteiger partial charge on any atom is 0.123 e. The molecule has 0 saturated carbocycles. The second-order valence-corrected chi connectivity index (χ2v) is 4.32. The van der Waals surface area contributed by atoms with E-state index >= 15 is 0 Å². The molecular formula is C16H13F2NO. The molecule has 0 aromatic heterocycles. The maximum absolute atomic E-state index is 12.8. The van der Waals surface area contributed by atoms with E-state index in [1.165, 1.54) is 36.4 Å². The molecule has 0 heterocycles. The van der Waals surface area contributed by atoms with E-state index in [9.17, 15) is 8.78 Å². The molecule has 0 aliphatic heterocycles. The zero-order valence-electron chi connectivity index (χ0n) is 10.7. The van der Waals surface area contributed by atoms with Crippen molar-refractivity contribution in [3.05, 3.63) is 65.7 Å². The van der Waals surface area contributed by atoms with Crippen LogP contribution in [0.15, 0.2) is 48.5 Å². The van der Waals surface area contributed by atoms with E-state index < -0.39 is 0 Å². The van der Waals surface area contributed by atoms with Crippen LogP contribution in [-0.2, 0) is 0 Å².